The van der Waals surface area contributed by atoms with Gasteiger partial charge in [-0.3, -0.25) is 0 Å². The predicted octanol–water partition coefficient (Wildman–Crippen LogP) is 5.09. The number of carbonyl (C=O) groups excluding carboxylic acids is 1. The van der Waals surface area contributed by atoms with Crippen LogP contribution < -0.4 is 0 Å². The Morgan fingerprint density at radius 3 is 2.73 bits per heavy atom. The molecule has 3 heteroatoms. The van der Waals surface area contributed by atoms with E-state index in [1.165, 1.54) is 32.1 Å². The van der Waals surface area contributed by atoms with Gasteiger partial charge in [-0.2, -0.15) is 0 Å². The average molecular weight is 359 g/mol. The first-order valence-electron chi connectivity index (χ1n) is 10.6. The molecule has 26 heavy (non-hydrogen) atoms. The zero-order valence-electron chi connectivity index (χ0n) is 16.7. The quantitative estimate of drug-likeness (QED) is 0.399. The molecule has 0 N–H and O–H groups in total. The minimum absolute atomic E-state index is 0.437. The van der Waals surface area contributed by atoms with Crippen LogP contribution in [0.5, 0.6) is 0 Å². The second-order valence-electron chi connectivity index (χ2n) is 9.52. The second kappa shape index (κ2) is 6.93. The topological polar surface area (TPSA) is 35.5 Å². The van der Waals surface area contributed by atoms with Crippen LogP contribution in [-0.2, 0) is 14.3 Å². The highest BCUT2D eigenvalue weighted by molar-refractivity contribution is 5.45. The van der Waals surface area contributed by atoms with Gasteiger partial charge >= 0.3 is 0 Å². The molecular formula is C23H34O3. The minimum Gasteiger partial charge on any atom is -0.353 e. The summed E-state index contributed by atoms with van der Waals surface area (Å²) in [5, 5.41) is 0. The maximum absolute atomic E-state index is 10.9. The van der Waals surface area contributed by atoms with E-state index in [0.717, 1.165) is 49.9 Å². The Morgan fingerprint density at radius 1 is 1.19 bits per heavy atom. The molecule has 0 aliphatic heterocycles. The van der Waals surface area contributed by atoms with E-state index in [1.807, 2.05) is 5.94 Å². The van der Waals surface area contributed by atoms with Crippen molar-refractivity contribution in [2.45, 2.75) is 76.9 Å². The van der Waals surface area contributed by atoms with Crippen molar-refractivity contribution in [2.24, 2.45) is 29.1 Å². The van der Waals surface area contributed by atoms with Crippen molar-refractivity contribution in [1.29, 1.82) is 0 Å². The smallest absolute Gasteiger partial charge is 0.171 e. The lowest BCUT2D eigenvalue weighted by molar-refractivity contribution is -0.214. The molecule has 0 aromatic rings. The van der Waals surface area contributed by atoms with Gasteiger partial charge in [0.15, 0.2) is 5.79 Å². The summed E-state index contributed by atoms with van der Waals surface area (Å²) in [6.07, 6.45) is 13.7. The number of fused-ring (bicyclic) bond motifs is 4. The van der Waals surface area contributed by atoms with Crippen LogP contribution in [-0.4, -0.2) is 25.9 Å². The van der Waals surface area contributed by atoms with Gasteiger partial charge in [-0.1, -0.05) is 24.5 Å². The lowest BCUT2D eigenvalue weighted by Crippen LogP contribution is -2.47. The first-order chi connectivity index (χ1) is 12.6. The molecule has 144 valence electrons. The maximum Gasteiger partial charge on any atom is 0.171 e. The van der Waals surface area contributed by atoms with Crippen LogP contribution in [0.3, 0.4) is 0 Å². The summed E-state index contributed by atoms with van der Waals surface area (Å²) in [6.45, 7) is 2.54. The molecule has 2 saturated carbocycles. The van der Waals surface area contributed by atoms with E-state index in [1.54, 1.807) is 31.4 Å². The molecule has 4 aliphatic carbocycles. The van der Waals surface area contributed by atoms with Crippen LogP contribution in [0.25, 0.3) is 0 Å². The van der Waals surface area contributed by atoms with Gasteiger partial charge in [0.25, 0.3) is 0 Å². The summed E-state index contributed by atoms with van der Waals surface area (Å²) < 4.78 is 11.6. The van der Waals surface area contributed by atoms with E-state index in [-0.39, 0.29) is 0 Å². The van der Waals surface area contributed by atoms with Crippen LogP contribution in [0, 0.1) is 29.1 Å². The summed E-state index contributed by atoms with van der Waals surface area (Å²) in [7, 11) is 3.55. The summed E-state index contributed by atoms with van der Waals surface area (Å²) in [5.74, 6) is 4.54. The van der Waals surface area contributed by atoms with Crippen molar-refractivity contribution < 1.29 is 14.3 Å². The SMILES string of the molecule is COC1(OC)CCC2=C(C[C@@H](CC=C=O)[C@@H]3[C@@H]2CC[C@]2(C)CCC[C@@H]32)C1. The third-order valence-electron chi connectivity index (χ3n) is 8.57. The van der Waals surface area contributed by atoms with E-state index in [4.69, 9.17) is 9.47 Å². The van der Waals surface area contributed by atoms with Crippen LogP contribution >= 0.6 is 0 Å². The molecule has 0 aromatic carbocycles. The van der Waals surface area contributed by atoms with Gasteiger partial charge in [0, 0.05) is 33.1 Å². The molecule has 0 saturated heterocycles. The van der Waals surface area contributed by atoms with Crippen LogP contribution in [0.4, 0.5) is 0 Å². The largest absolute Gasteiger partial charge is 0.353 e. The Labute approximate surface area is 158 Å². The maximum atomic E-state index is 10.9. The zero-order valence-corrected chi connectivity index (χ0v) is 16.7. The Hall–Kier alpha value is -0.890. The highest BCUT2D eigenvalue weighted by Crippen LogP contribution is 2.63. The average Bonchev–Trinajstić information content (AvgIpc) is 3.07. The fourth-order valence-electron chi connectivity index (χ4n) is 7.25. The molecule has 0 unspecified atom stereocenters. The summed E-state index contributed by atoms with van der Waals surface area (Å²) in [6, 6.07) is 0. The first-order valence-corrected chi connectivity index (χ1v) is 10.6. The molecule has 0 radical (unpaired) electrons. The number of allylic oxidation sites excluding steroid dienone is 2. The van der Waals surface area contributed by atoms with Crippen molar-refractivity contribution >= 4 is 5.94 Å². The summed E-state index contributed by atoms with van der Waals surface area (Å²) in [5.41, 5.74) is 3.85. The molecule has 2 fully saturated rings. The van der Waals surface area contributed by atoms with E-state index in [0.29, 0.717) is 11.3 Å². The van der Waals surface area contributed by atoms with Crippen molar-refractivity contribution in [1.82, 2.24) is 0 Å². The van der Waals surface area contributed by atoms with E-state index >= 15 is 0 Å². The van der Waals surface area contributed by atoms with E-state index in [9.17, 15) is 4.79 Å². The van der Waals surface area contributed by atoms with Gasteiger partial charge < -0.3 is 9.47 Å². The number of methoxy groups -OCH3 is 2. The van der Waals surface area contributed by atoms with E-state index < -0.39 is 5.79 Å². The number of hydrogen-bond donors (Lipinski definition) is 0. The normalized spacial score (nSPS) is 41.0. The van der Waals surface area contributed by atoms with Crippen molar-refractivity contribution in [3.05, 3.63) is 17.2 Å². The Bertz CT molecular complexity index is 625. The second-order valence-corrected chi connectivity index (χ2v) is 9.52. The van der Waals surface area contributed by atoms with Gasteiger partial charge in [0.05, 0.1) is 0 Å². The van der Waals surface area contributed by atoms with Gasteiger partial charge in [0.1, 0.15) is 5.94 Å². The lowest BCUT2D eigenvalue weighted by Gasteiger charge is -2.55. The Morgan fingerprint density at radius 2 is 2.00 bits per heavy atom. The molecule has 0 heterocycles. The summed E-state index contributed by atoms with van der Waals surface area (Å²) >= 11 is 0. The molecule has 3 nitrogen and oxygen atoms in total. The molecule has 0 amide bonds. The Balaban J connectivity index is 1.69. The molecule has 4 rings (SSSR count). The Kier molecular flexibility index (Phi) is 4.92. The lowest BCUT2D eigenvalue weighted by atomic mass is 9.51. The van der Waals surface area contributed by atoms with Crippen molar-refractivity contribution in [3.63, 3.8) is 0 Å². The first kappa shape index (κ1) is 18.5. The van der Waals surface area contributed by atoms with Crippen molar-refractivity contribution in [2.75, 3.05) is 14.2 Å². The highest BCUT2D eigenvalue weighted by Gasteiger charge is 2.54. The molecule has 0 spiro atoms. The minimum atomic E-state index is -0.437. The van der Waals surface area contributed by atoms with Crippen LogP contribution in [0.2, 0.25) is 0 Å². The third-order valence-corrected chi connectivity index (χ3v) is 8.57. The van der Waals surface area contributed by atoms with Crippen LogP contribution in [0.15, 0.2) is 17.2 Å². The fourth-order valence-corrected chi connectivity index (χ4v) is 7.25. The van der Waals surface area contributed by atoms with Gasteiger partial charge in [-0.25, -0.2) is 4.79 Å². The molecule has 5 atom stereocenters. The summed E-state index contributed by atoms with van der Waals surface area (Å²) in [4.78, 5) is 10.9. The van der Waals surface area contributed by atoms with Gasteiger partial charge in [-0.15, -0.1) is 0 Å². The third kappa shape index (κ3) is 2.84. The zero-order chi connectivity index (χ0) is 18.4. The highest BCUT2D eigenvalue weighted by atomic mass is 16.7. The molecule has 4 aliphatic rings. The van der Waals surface area contributed by atoms with Crippen LogP contribution in [0.1, 0.15) is 71.1 Å². The molecular weight excluding hydrogens is 324 g/mol. The number of ether oxygens (including phenoxy) is 2. The van der Waals surface area contributed by atoms with Gasteiger partial charge in [0.2, 0.25) is 0 Å². The number of hydrogen-bond acceptors (Lipinski definition) is 3. The molecule has 0 bridgehead atoms. The number of rotatable bonds is 4. The van der Waals surface area contributed by atoms with Gasteiger partial charge in [-0.05, 0) is 74.0 Å². The monoisotopic (exact) mass is 358 g/mol. The van der Waals surface area contributed by atoms with Crippen molar-refractivity contribution in [3.8, 4) is 0 Å². The standard InChI is InChI=1S/C23H34O3/c1-22-10-4-7-20(22)21-16(6-5-13-24)14-17-15-23(25-2,26-3)12-9-18(17)19(21)8-11-22/h5,16,19-21H,4,6-12,14-15H2,1-3H3/t16-,19-,20+,21-,22+/m1/s1. The fraction of sp³-hybridized carbons (Fsp3) is 0.826. The van der Waals surface area contributed by atoms with E-state index in [2.05, 4.69) is 6.92 Å². The molecule has 0 aromatic heterocycles. The predicted molar refractivity (Wildman–Crippen MR) is 102 cm³/mol.